The first-order chi connectivity index (χ1) is 11.4. The molecule has 0 saturated carbocycles. The summed E-state index contributed by atoms with van der Waals surface area (Å²) in [5.74, 6) is -0.227. The van der Waals surface area contributed by atoms with Gasteiger partial charge in [0.1, 0.15) is 10.9 Å². The van der Waals surface area contributed by atoms with Crippen LogP contribution < -0.4 is 0 Å². The second-order valence-corrected chi connectivity index (χ2v) is 8.95. The van der Waals surface area contributed by atoms with Gasteiger partial charge in [0, 0.05) is 0 Å². The quantitative estimate of drug-likeness (QED) is 0.559. The van der Waals surface area contributed by atoms with Crippen LogP contribution in [0.3, 0.4) is 0 Å². The van der Waals surface area contributed by atoms with Gasteiger partial charge in [-0.05, 0) is 67.3 Å². The number of halogens is 1. The van der Waals surface area contributed by atoms with Crippen LogP contribution in [-0.4, -0.2) is 10.3 Å². The molecule has 0 aliphatic heterocycles. The van der Waals surface area contributed by atoms with Gasteiger partial charge >= 0.3 is 5.97 Å². The molecule has 0 fully saturated rings. The molecule has 0 radical (unpaired) electrons. The standard InChI is InChI=1S/C21H23BrO2/c1-21(2,22)20(23)24-14-19-13-17-8-7-15-3-5-16(6-4-15)9-11-18(19)12-10-17/h3-6,10,12-13H,7-9,11,14H2,1-2H3. The van der Waals surface area contributed by atoms with Gasteiger partial charge in [0.15, 0.2) is 0 Å². The highest BCUT2D eigenvalue weighted by Gasteiger charge is 2.25. The fourth-order valence-electron chi connectivity index (χ4n) is 2.97. The first kappa shape index (κ1) is 17.2. The highest BCUT2D eigenvalue weighted by molar-refractivity contribution is 9.10. The number of ether oxygens (including phenoxy) is 1. The molecule has 2 aromatic carbocycles. The molecule has 24 heavy (non-hydrogen) atoms. The van der Waals surface area contributed by atoms with Gasteiger partial charge in [-0.15, -0.1) is 0 Å². The minimum absolute atomic E-state index is 0.227. The molecule has 6 rings (SSSR count). The van der Waals surface area contributed by atoms with Crippen LogP contribution in [0.1, 0.15) is 41.7 Å². The Morgan fingerprint density at radius 2 is 1.50 bits per heavy atom. The Labute approximate surface area is 152 Å². The summed E-state index contributed by atoms with van der Waals surface area (Å²) in [4.78, 5) is 12.0. The van der Waals surface area contributed by atoms with Crippen LogP contribution in [0.4, 0.5) is 0 Å². The van der Waals surface area contributed by atoms with E-state index in [9.17, 15) is 4.79 Å². The molecule has 4 bridgehead atoms. The van der Waals surface area contributed by atoms with Crippen molar-refractivity contribution in [3.05, 3.63) is 70.3 Å². The summed E-state index contributed by atoms with van der Waals surface area (Å²) in [5.41, 5.74) is 6.43. The molecule has 4 aliphatic carbocycles. The SMILES string of the molecule is CC(C)(Br)C(=O)OCc1cc2ccc1CCc1ccc(cc1)CC2. The average Bonchev–Trinajstić information content (AvgIpc) is 2.54. The van der Waals surface area contributed by atoms with Crippen LogP contribution in [0, 0.1) is 0 Å². The van der Waals surface area contributed by atoms with E-state index in [1.54, 1.807) is 0 Å². The fraction of sp³-hybridized carbons (Fsp3) is 0.381. The molecule has 126 valence electrons. The Morgan fingerprint density at radius 3 is 2.12 bits per heavy atom. The molecule has 2 aromatic rings. The maximum absolute atomic E-state index is 12.0. The predicted octanol–water partition coefficient (Wildman–Crippen LogP) is 4.79. The molecule has 0 amide bonds. The van der Waals surface area contributed by atoms with Crippen LogP contribution in [0.2, 0.25) is 0 Å². The Balaban J connectivity index is 1.82. The molecule has 0 aromatic heterocycles. The van der Waals surface area contributed by atoms with Crippen molar-refractivity contribution in [2.24, 2.45) is 0 Å². The van der Waals surface area contributed by atoms with Crippen LogP contribution in [-0.2, 0) is 41.8 Å². The van der Waals surface area contributed by atoms with Crippen LogP contribution in [0.5, 0.6) is 0 Å². The zero-order valence-electron chi connectivity index (χ0n) is 14.3. The number of hydrogen-bond acceptors (Lipinski definition) is 2. The van der Waals surface area contributed by atoms with E-state index in [0.29, 0.717) is 6.61 Å². The van der Waals surface area contributed by atoms with Gasteiger partial charge in [0.2, 0.25) is 0 Å². The molecule has 0 saturated heterocycles. The lowest BCUT2D eigenvalue weighted by Gasteiger charge is -2.18. The number of esters is 1. The fourth-order valence-corrected chi connectivity index (χ4v) is 3.08. The van der Waals surface area contributed by atoms with Crippen LogP contribution in [0.25, 0.3) is 0 Å². The van der Waals surface area contributed by atoms with E-state index in [1.165, 1.54) is 22.3 Å². The van der Waals surface area contributed by atoms with Crippen LogP contribution in [0.15, 0.2) is 42.5 Å². The molecule has 0 spiro atoms. The van der Waals surface area contributed by atoms with Crippen molar-refractivity contribution in [1.29, 1.82) is 0 Å². The molecule has 0 unspecified atom stereocenters. The van der Waals surface area contributed by atoms with Gasteiger partial charge in [-0.3, -0.25) is 4.79 Å². The van der Waals surface area contributed by atoms with Crippen molar-refractivity contribution < 1.29 is 9.53 Å². The zero-order valence-corrected chi connectivity index (χ0v) is 15.9. The second-order valence-electron chi connectivity index (χ2n) is 6.97. The van der Waals surface area contributed by atoms with E-state index < -0.39 is 4.32 Å². The summed E-state index contributed by atoms with van der Waals surface area (Å²) in [5, 5.41) is 0. The normalized spacial score (nSPS) is 14.1. The van der Waals surface area contributed by atoms with E-state index in [2.05, 4.69) is 58.4 Å². The third-order valence-corrected chi connectivity index (χ3v) is 4.85. The lowest BCUT2D eigenvalue weighted by molar-refractivity contribution is -0.146. The van der Waals surface area contributed by atoms with Crippen molar-refractivity contribution in [3.63, 3.8) is 0 Å². The number of carbonyl (C=O) groups is 1. The largest absolute Gasteiger partial charge is 0.460 e. The Morgan fingerprint density at radius 1 is 0.958 bits per heavy atom. The van der Waals surface area contributed by atoms with E-state index in [0.717, 1.165) is 31.2 Å². The molecule has 2 nitrogen and oxygen atoms in total. The van der Waals surface area contributed by atoms with Crippen molar-refractivity contribution in [2.75, 3.05) is 0 Å². The maximum Gasteiger partial charge on any atom is 0.322 e. The van der Waals surface area contributed by atoms with Crippen molar-refractivity contribution in [1.82, 2.24) is 0 Å². The molecular weight excluding hydrogens is 364 g/mol. The Bertz CT molecular complexity index is 726. The number of benzene rings is 2. The topological polar surface area (TPSA) is 26.3 Å². The molecule has 4 aliphatic rings. The number of aryl methyl sites for hydroxylation is 4. The van der Waals surface area contributed by atoms with Crippen molar-refractivity contribution in [3.8, 4) is 0 Å². The van der Waals surface area contributed by atoms with Gasteiger partial charge in [0.25, 0.3) is 0 Å². The summed E-state index contributed by atoms with van der Waals surface area (Å²) in [6.45, 7) is 3.96. The summed E-state index contributed by atoms with van der Waals surface area (Å²) in [7, 11) is 0. The number of hydrogen-bond donors (Lipinski definition) is 0. The zero-order chi connectivity index (χ0) is 17.2. The van der Waals surface area contributed by atoms with Gasteiger partial charge < -0.3 is 4.74 Å². The number of alkyl halides is 1. The summed E-state index contributed by atoms with van der Waals surface area (Å²) in [6, 6.07) is 15.6. The van der Waals surface area contributed by atoms with E-state index >= 15 is 0 Å². The molecule has 3 heteroatoms. The monoisotopic (exact) mass is 386 g/mol. The van der Waals surface area contributed by atoms with E-state index in [4.69, 9.17) is 4.74 Å². The molecule has 0 atom stereocenters. The second kappa shape index (κ2) is 7.10. The number of carbonyl (C=O) groups excluding carboxylic acids is 1. The summed E-state index contributed by atoms with van der Waals surface area (Å²) >= 11 is 3.36. The number of rotatable bonds is 3. The average molecular weight is 387 g/mol. The third kappa shape index (κ3) is 4.27. The Kier molecular flexibility index (Phi) is 5.09. The van der Waals surface area contributed by atoms with Crippen LogP contribution >= 0.6 is 15.9 Å². The van der Waals surface area contributed by atoms with E-state index in [-0.39, 0.29) is 5.97 Å². The first-order valence-corrected chi connectivity index (χ1v) is 9.26. The lowest BCUT2D eigenvalue weighted by Crippen LogP contribution is -2.26. The first-order valence-electron chi connectivity index (χ1n) is 8.46. The van der Waals surface area contributed by atoms with Gasteiger partial charge in [-0.1, -0.05) is 58.4 Å². The third-order valence-electron chi connectivity index (χ3n) is 4.52. The highest BCUT2D eigenvalue weighted by Crippen LogP contribution is 2.22. The van der Waals surface area contributed by atoms with Crippen molar-refractivity contribution in [2.45, 2.75) is 50.5 Å². The minimum Gasteiger partial charge on any atom is -0.460 e. The van der Waals surface area contributed by atoms with Gasteiger partial charge in [0.05, 0.1) is 0 Å². The summed E-state index contributed by atoms with van der Waals surface area (Å²) < 4.78 is 4.88. The van der Waals surface area contributed by atoms with Gasteiger partial charge in [-0.25, -0.2) is 0 Å². The summed E-state index contributed by atoms with van der Waals surface area (Å²) in [6.07, 6.45) is 4.01. The molecular formula is C21H23BrO2. The molecule has 0 N–H and O–H groups in total. The predicted molar refractivity (Wildman–Crippen MR) is 101 cm³/mol. The van der Waals surface area contributed by atoms with Crippen molar-refractivity contribution >= 4 is 21.9 Å². The minimum atomic E-state index is -0.646. The lowest BCUT2D eigenvalue weighted by atomic mass is 9.93. The van der Waals surface area contributed by atoms with Gasteiger partial charge in [-0.2, -0.15) is 0 Å². The highest BCUT2D eigenvalue weighted by atomic mass is 79.9. The maximum atomic E-state index is 12.0. The Hall–Kier alpha value is -1.61. The van der Waals surface area contributed by atoms with E-state index in [1.807, 2.05) is 13.8 Å². The molecule has 0 heterocycles. The smallest absolute Gasteiger partial charge is 0.322 e.